The fourth-order valence-electron chi connectivity index (χ4n) is 4.40. The molecule has 0 aliphatic carbocycles. The predicted octanol–water partition coefficient (Wildman–Crippen LogP) is 3.49. The number of rotatable bonds is 6. The minimum atomic E-state index is 0.744. The number of oxazole rings is 1. The molecule has 0 spiro atoms. The Bertz CT molecular complexity index is 1470. The highest BCUT2D eigenvalue weighted by atomic mass is 16.3. The lowest BCUT2D eigenvalue weighted by Gasteiger charge is -2.26. The fourth-order valence-corrected chi connectivity index (χ4v) is 4.40. The molecule has 0 amide bonds. The van der Waals surface area contributed by atoms with E-state index in [0.717, 1.165) is 95.7 Å². The minimum Gasteiger partial charge on any atom is -0.448 e. The molecule has 9 heteroatoms. The average Bonchev–Trinajstić information content (AvgIpc) is 3.58. The van der Waals surface area contributed by atoms with Crippen LogP contribution in [0.1, 0.15) is 11.6 Å². The number of pyridine rings is 3. The maximum Gasteiger partial charge on any atom is 0.195 e. The fraction of sp³-hybridized carbons (Fsp3) is 0.269. The Morgan fingerprint density at radius 2 is 1.86 bits per heavy atom. The molecular weight excluding hydrogens is 440 g/mol. The van der Waals surface area contributed by atoms with Crippen molar-refractivity contribution in [3.05, 3.63) is 66.6 Å². The second kappa shape index (κ2) is 9.36. The molecule has 1 aliphatic rings. The summed E-state index contributed by atoms with van der Waals surface area (Å²) in [5.41, 5.74) is 7.59. The molecule has 5 aromatic rings. The zero-order valence-corrected chi connectivity index (χ0v) is 19.5. The molecule has 35 heavy (non-hydrogen) atoms. The Labute approximate surface area is 202 Å². The van der Waals surface area contributed by atoms with E-state index in [4.69, 9.17) is 14.4 Å². The zero-order chi connectivity index (χ0) is 23.6. The summed E-state index contributed by atoms with van der Waals surface area (Å²) in [7, 11) is 0. The summed E-state index contributed by atoms with van der Waals surface area (Å²) >= 11 is 0. The van der Waals surface area contributed by atoms with Crippen molar-refractivity contribution < 1.29 is 4.42 Å². The van der Waals surface area contributed by atoms with Crippen molar-refractivity contribution in [1.29, 1.82) is 0 Å². The summed E-state index contributed by atoms with van der Waals surface area (Å²) < 4.78 is 5.76. The third-order valence-corrected chi connectivity index (χ3v) is 6.30. The van der Waals surface area contributed by atoms with Crippen LogP contribution < -0.4 is 5.32 Å². The molecule has 176 valence electrons. The molecule has 0 atom stereocenters. The van der Waals surface area contributed by atoms with E-state index >= 15 is 0 Å². The number of aromatic amines is 1. The Kier molecular flexibility index (Phi) is 5.77. The van der Waals surface area contributed by atoms with Crippen LogP contribution >= 0.6 is 0 Å². The molecule has 2 N–H and O–H groups in total. The van der Waals surface area contributed by atoms with E-state index in [1.807, 2.05) is 49.5 Å². The first-order valence-corrected chi connectivity index (χ1v) is 11.9. The smallest absolute Gasteiger partial charge is 0.195 e. The summed E-state index contributed by atoms with van der Waals surface area (Å²) in [5, 5.41) is 10.7. The Balaban J connectivity index is 1.26. The first-order valence-electron chi connectivity index (χ1n) is 11.9. The maximum atomic E-state index is 5.76. The molecule has 0 unspecified atom stereocenters. The molecule has 6 heterocycles. The first-order chi connectivity index (χ1) is 17.2. The van der Waals surface area contributed by atoms with Crippen LogP contribution in [0.15, 0.2) is 59.5 Å². The molecule has 9 nitrogen and oxygen atoms in total. The van der Waals surface area contributed by atoms with Gasteiger partial charge in [-0.05, 0) is 37.3 Å². The van der Waals surface area contributed by atoms with Crippen molar-refractivity contribution in [2.45, 2.75) is 13.3 Å². The van der Waals surface area contributed by atoms with Crippen molar-refractivity contribution in [1.82, 2.24) is 40.3 Å². The second-order valence-electron chi connectivity index (χ2n) is 8.75. The molecule has 0 bridgehead atoms. The molecule has 0 aromatic carbocycles. The van der Waals surface area contributed by atoms with Gasteiger partial charge in [0.15, 0.2) is 5.89 Å². The van der Waals surface area contributed by atoms with Crippen LogP contribution in [0.2, 0.25) is 0 Å². The zero-order valence-electron chi connectivity index (χ0n) is 19.5. The number of aromatic nitrogens is 6. The van der Waals surface area contributed by atoms with Gasteiger partial charge < -0.3 is 14.6 Å². The number of hydrogen-bond acceptors (Lipinski definition) is 8. The maximum absolute atomic E-state index is 5.76. The van der Waals surface area contributed by atoms with E-state index < -0.39 is 0 Å². The Morgan fingerprint density at radius 3 is 2.74 bits per heavy atom. The van der Waals surface area contributed by atoms with Crippen LogP contribution in [-0.4, -0.2) is 67.8 Å². The second-order valence-corrected chi connectivity index (χ2v) is 8.75. The van der Waals surface area contributed by atoms with E-state index in [1.54, 1.807) is 12.5 Å². The molecular formula is C26H26N8O. The van der Waals surface area contributed by atoms with Gasteiger partial charge in [-0.1, -0.05) is 6.07 Å². The largest absolute Gasteiger partial charge is 0.448 e. The van der Waals surface area contributed by atoms with Crippen molar-refractivity contribution in [3.8, 4) is 33.9 Å². The van der Waals surface area contributed by atoms with Crippen LogP contribution in [0, 0.1) is 6.92 Å². The van der Waals surface area contributed by atoms with Gasteiger partial charge in [0.1, 0.15) is 12.0 Å². The molecule has 0 radical (unpaired) electrons. The summed E-state index contributed by atoms with van der Waals surface area (Å²) in [5.74, 6) is 0.744. The highest BCUT2D eigenvalue weighted by molar-refractivity contribution is 5.84. The van der Waals surface area contributed by atoms with Crippen LogP contribution in [0.5, 0.6) is 0 Å². The minimum absolute atomic E-state index is 0.744. The van der Waals surface area contributed by atoms with Gasteiger partial charge in [-0.2, -0.15) is 5.10 Å². The highest BCUT2D eigenvalue weighted by Crippen LogP contribution is 2.30. The van der Waals surface area contributed by atoms with E-state index in [2.05, 4.69) is 30.4 Å². The summed E-state index contributed by atoms with van der Waals surface area (Å²) in [4.78, 5) is 21.3. The van der Waals surface area contributed by atoms with Gasteiger partial charge in [0.25, 0.3) is 0 Å². The third-order valence-electron chi connectivity index (χ3n) is 6.30. The Morgan fingerprint density at radius 1 is 0.943 bits per heavy atom. The monoisotopic (exact) mass is 466 g/mol. The molecule has 1 aliphatic heterocycles. The number of aryl methyl sites for hydroxylation is 1. The number of piperazine rings is 1. The molecule has 1 fully saturated rings. The first kappa shape index (κ1) is 21.6. The number of H-pyrrole nitrogens is 1. The van der Waals surface area contributed by atoms with Gasteiger partial charge in [-0.3, -0.25) is 15.1 Å². The van der Waals surface area contributed by atoms with Crippen molar-refractivity contribution in [2.75, 3.05) is 32.7 Å². The van der Waals surface area contributed by atoms with Crippen LogP contribution in [0.3, 0.4) is 0 Å². The van der Waals surface area contributed by atoms with Gasteiger partial charge >= 0.3 is 0 Å². The molecule has 0 saturated carbocycles. The van der Waals surface area contributed by atoms with Crippen LogP contribution in [0.25, 0.3) is 44.9 Å². The predicted molar refractivity (Wildman–Crippen MR) is 134 cm³/mol. The molecule has 5 aromatic heterocycles. The standard InChI is InChI=1S/C26H26N8O/c1-17-3-2-4-22(30-17)26-19(15-29-33-26)20-5-6-21-23(31-20)13-18(14-28-21)24-16-35-25(32-24)7-10-34-11-8-27-9-12-34/h2-6,13-16,27H,7-12H2,1H3,(H,29,33). The summed E-state index contributed by atoms with van der Waals surface area (Å²) in [6.45, 7) is 7.13. The lowest BCUT2D eigenvalue weighted by Crippen LogP contribution is -2.44. The van der Waals surface area contributed by atoms with Gasteiger partial charge in [0.05, 0.1) is 34.3 Å². The Hall–Kier alpha value is -3.95. The van der Waals surface area contributed by atoms with Crippen LogP contribution in [0.4, 0.5) is 0 Å². The summed E-state index contributed by atoms with van der Waals surface area (Å²) in [6.07, 6.45) is 6.10. The van der Waals surface area contributed by atoms with E-state index in [1.165, 1.54) is 0 Å². The van der Waals surface area contributed by atoms with Crippen molar-refractivity contribution in [2.24, 2.45) is 0 Å². The summed E-state index contributed by atoms with van der Waals surface area (Å²) in [6, 6.07) is 11.9. The number of nitrogens with zero attached hydrogens (tertiary/aromatic N) is 6. The van der Waals surface area contributed by atoms with Gasteiger partial charge in [0, 0.05) is 62.2 Å². The lowest BCUT2D eigenvalue weighted by molar-refractivity contribution is 0.238. The SMILES string of the molecule is Cc1cccc(-c2[nH]ncc2-c2ccc3ncc(-c4coc(CCN5CCNCC5)n4)cc3n2)n1. The van der Waals surface area contributed by atoms with Gasteiger partial charge in [-0.15, -0.1) is 0 Å². The molecule has 6 rings (SSSR count). The number of fused-ring (bicyclic) bond motifs is 1. The number of nitrogens with one attached hydrogen (secondary N) is 2. The van der Waals surface area contributed by atoms with Crippen molar-refractivity contribution in [3.63, 3.8) is 0 Å². The van der Waals surface area contributed by atoms with Crippen molar-refractivity contribution >= 4 is 11.0 Å². The van der Waals surface area contributed by atoms with Gasteiger partial charge in [-0.25, -0.2) is 9.97 Å². The molecule has 1 saturated heterocycles. The normalized spacial score (nSPS) is 14.5. The quantitative estimate of drug-likeness (QED) is 0.391. The topological polar surface area (TPSA) is 109 Å². The lowest BCUT2D eigenvalue weighted by atomic mass is 10.1. The van der Waals surface area contributed by atoms with E-state index in [9.17, 15) is 0 Å². The van der Waals surface area contributed by atoms with E-state index in [-0.39, 0.29) is 0 Å². The average molecular weight is 467 g/mol. The van der Waals surface area contributed by atoms with Gasteiger partial charge in [0.2, 0.25) is 0 Å². The highest BCUT2D eigenvalue weighted by Gasteiger charge is 2.15. The third kappa shape index (κ3) is 4.55. The number of hydrogen-bond donors (Lipinski definition) is 2. The van der Waals surface area contributed by atoms with Crippen LogP contribution in [-0.2, 0) is 6.42 Å². The van der Waals surface area contributed by atoms with E-state index in [0.29, 0.717) is 0 Å².